The Morgan fingerprint density at radius 2 is 1.87 bits per heavy atom. The van der Waals surface area contributed by atoms with E-state index in [-0.39, 0.29) is 24.2 Å². The molecule has 0 aromatic heterocycles. The molecule has 128 valence electrons. The van der Waals surface area contributed by atoms with Gasteiger partial charge in [0.2, 0.25) is 5.91 Å². The monoisotopic (exact) mass is 324 g/mol. The number of hydrogen-bond acceptors (Lipinski definition) is 3. The Bertz CT molecular complexity index is 503. The summed E-state index contributed by atoms with van der Waals surface area (Å²) in [4.78, 5) is 23.5. The number of benzene rings is 1. The molecule has 6 heteroatoms. The maximum absolute atomic E-state index is 12.8. The van der Waals surface area contributed by atoms with Crippen molar-refractivity contribution in [3.63, 3.8) is 0 Å². The number of alkyl carbamates (subject to hydrolysis) is 1. The van der Waals surface area contributed by atoms with Crippen molar-refractivity contribution in [3.8, 4) is 0 Å². The summed E-state index contributed by atoms with van der Waals surface area (Å²) in [5.74, 6) is -0.128. The van der Waals surface area contributed by atoms with E-state index in [0.717, 1.165) is 12.0 Å². The summed E-state index contributed by atoms with van der Waals surface area (Å²) in [6.07, 6.45) is 0.426. The summed E-state index contributed by atoms with van der Waals surface area (Å²) in [6.45, 7) is 6.45. The maximum Gasteiger partial charge on any atom is 0.407 e. The zero-order valence-electron chi connectivity index (χ0n) is 13.9. The molecule has 2 N–H and O–H groups in total. The fourth-order valence-electron chi connectivity index (χ4n) is 2.19. The standard InChI is InChI=1S/C17H25FN2O3/c1-4-23-17(22)20-15(9-12(2)3)11-19-16(21)10-13-5-7-14(18)8-6-13/h5-8,12,15H,4,9-11H2,1-3H3,(H,19,21)(H,20,22). The molecule has 1 unspecified atom stereocenters. The fraction of sp³-hybridized carbons (Fsp3) is 0.529. The van der Waals surface area contributed by atoms with Crippen LogP contribution >= 0.6 is 0 Å². The number of nitrogens with one attached hydrogen (secondary N) is 2. The zero-order chi connectivity index (χ0) is 17.2. The Morgan fingerprint density at radius 3 is 2.43 bits per heavy atom. The molecular formula is C17H25FN2O3. The van der Waals surface area contributed by atoms with Crippen molar-refractivity contribution in [1.82, 2.24) is 10.6 Å². The summed E-state index contributed by atoms with van der Waals surface area (Å²) >= 11 is 0. The summed E-state index contributed by atoms with van der Waals surface area (Å²) in [5, 5.41) is 5.55. The van der Waals surface area contributed by atoms with E-state index < -0.39 is 6.09 Å². The Labute approximate surface area is 136 Å². The van der Waals surface area contributed by atoms with Gasteiger partial charge in [0.15, 0.2) is 0 Å². The van der Waals surface area contributed by atoms with Crippen LogP contribution in [0.15, 0.2) is 24.3 Å². The molecule has 0 spiro atoms. The molecule has 0 fully saturated rings. The Balaban J connectivity index is 2.47. The molecule has 2 amide bonds. The maximum atomic E-state index is 12.8. The highest BCUT2D eigenvalue weighted by Gasteiger charge is 2.16. The molecule has 1 aromatic rings. The van der Waals surface area contributed by atoms with Crippen molar-refractivity contribution in [2.75, 3.05) is 13.2 Å². The molecule has 0 saturated carbocycles. The van der Waals surface area contributed by atoms with Crippen molar-refractivity contribution in [2.45, 2.75) is 39.7 Å². The second kappa shape index (κ2) is 9.82. The van der Waals surface area contributed by atoms with Crippen molar-refractivity contribution in [2.24, 2.45) is 5.92 Å². The van der Waals surface area contributed by atoms with Crippen LogP contribution in [0, 0.1) is 11.7 Å². The van der Waals surface area contributed by atoms with Crippen LogP contribution in [0.2, 0.25) is 0 Å². The topological polar surface area (TPSA) is 67.4 Å². The van der Waals surface area contributed by atoms with E-state index >= 15 is 0 Å². The second-order valence-corrected chi connectivity index (χ2v) is 5.80. The first-order valence-corrected chi connectivity index (χ1v) is 7.85. The number of amides is 2. The minimum atomic E-state index is -0.481. The molecule has 1 aromatic carbocycles. The number of ether oxygens (including phenoxy) is 1. The largest absolute Gasteiger partial charge is 0.450 e. The third-order valence-corrected chi connectivity index (χ3v) is 3.18. The highest BCUT2D eigenvalue weighted by Crippen LogP contribution is 2.06. The lowest BCUT2D eigenvalue weighted by Crippen LogP contribution is -2.44. The van der Waals surface area contributed by atoms with E-state index in [1.54, 1.807) is 19.1 Å². The molecular weight excluding hydrogens is 299 g/mol. The molecule has 5 nitrogen and oxygen atoms in total. The third-order valence-electron chi connectivity index (χ3n) is 3.18. The first-order chi connectivity index (χ1) is 10.9. The van der Waals surface area contributed by atoms with Crippen molar-refractivity contribution >= 4 is 12.0 Å². The summed E-state index contributed by atoms with van der Waals surface area (Å²) in [6, 6.07) is 5.62. The number of hydrogen-bond donors (Lipinski definition) is 2. The first kappa shape index (κ1) is 18.9. The van der Waals surface area contributed by atoms with Gasteiger partial charge in [0, 0.05) is 12.6 Å². The molecule has 23 heavy (non-hydrogen) atoms. The SMILES string of the molecule is CCOC(=O)NC(CNC(=O)Cc1ccc(F)cc1)CC(C)C. The molecule has 0 bridgehead atoms. The van der Waals surface area contributed by atoms with Gasteiger partial charge in [-0.05, 0) is 37.0 Å². The van der Waals surface area contributed by atoms with E-state index in [9.17, 15) is 14.0 Å². The number of halogens is 1. The summed E-state index contributed by atoms with van der Waals surface area (Å²) < 4.78 is 17.7. The van der Waals surface area contributed by atoms with E-state index in [1.165, 1.54) is 12.1 Å². The average molecular weight is 324 g/mol. The quantitative estimate of drug-likeness (QED) is 0.772. The van der Waals surface area contributed by atoms with Crippen LogP contribution in [0.4, 0.5) is 9.18 Å². The first-order valence-electron chi connectivity index (χ1n) is 7.85. The van der Waals surface area contributed by atoms with E-state index in [2.05, 4.69) is 10.6 Å². The molecule has 1 rings (SSSR count). The molecule has 0 heterocycles. The fourth-order valence-corrected chi connectivity index (χ4v) is 2.19. The van der Waals surface area contributed by atoms with Crippen molar-refractivity contribution < 1.29 is 18.7 Å². The van der Waals surface area contributed by atoms with Gasteiger partial charge in [-0.1, -0.05) is 26.0 Å². The van der Waals surface area contributed by atoms with Crippen LogP contribution in [0.5, 0.6) is 0 Å². The van der Waals surface area contributed by atoms with E-state index in [0.29, 0.717) is 19.1 Å². The lowest BCUT2D eigenvalue weighted by molar-refractivity contribution is -0.120. The molecule has 0 saturated heterocycles. The molecule has 0 aliphatic carbocycles. The van der Waals surface area contributed by atoms with Gasteiger partial charge in [-0.25, -0.2) is 9.18 Å². The number of carbonyl (C=O) groups excluding carboxylic acids is 2. The van der Waals surface area contributed by atoms with Gasteiger partial charge >= 0.3 is 6.09 Å². The van der Waals surface area contributed by atoms with Crippen LogP contribution in [0.1, 0.15) is 32.8 Å². The second-order valence-electron chi connectivity index (χ2n) is 5.80. The summed E-state index contributed by atoms with van der Waals surface area (Å²) in [5.41, 5.74) is 0.739. The van der Waals surface area contributed by atoms with Crippen LogP contribution < -0.4 is 10.6 Å². The number of rotatable bonds is 8. The third kappa shape index (κ3) is 8.18. The lowest BCUT2D eigenvalue weighted by Gasteiger charge is -2.20. The van der Waals surface area contributed by atoms with E-state index in [1.807, 2.05) is 13.8 Å². The van der Waals surface area contributed by atoms with Gasteiger partial charge in [0.25, 0.3) is 0 Å². The smallest absolute Gasteiger partial charge is 0.407 e. The van der Waals surface area contributed by atoms with Crippen LogP contribution in [0.25, 0.3) is 0 Å². The predicted molar refractivity (Wildman–Crippen MR) is 86.5 cm³/mol. The molecule has 0 aliphatic rings. The molecule has 0 radical (unpaired) electrons. The van der Waals surface area contributed by atoms with Gasteiger partial charge in [0.05, 0.1) is 13.0 Å². The average Bonchev–Trinajstić information content (AvgIpc) is 2.47. The minimum Gasteiger partial charge on any atom is -0.450 e. The predicted octanol–water partition coefficient (Wildman–Crippen LogP) is 2.65. The highest BCUT2D eigenvalue weighted by molar-refractivity contribution is 5.78. The van der Waals surface area contributed by atoms with Crippen LogP contribution in [-0.2, 0) is 16.0 Å². The Morgan fingerprint density at radius 1 is 1.22 bits per heavy atom. The normalized spacial score (nSPS) is 11.9. The van der Waals surface area contributed by atoms with Crippen molar-refractivity contribution in [3.05, 3.63) is 35.6 Å². The van der Waals surface area contributed by atoms with E-state index in [4.69, 9.17) is 4.74 Å². The van der Waals surface area contributed by atoms with Crippen LogP contribution in [0.3, 0.4) is 0 Å². The van der Waals surface area contributed by atoms with Gasteiger partial charge < -0.3 is 15.4 Å². The Hall–Kier alpha value is -2.11. The summed E-state index contributed by atoms with van der Waals surface area (Å²) in [7, 11) is 0. The van der Waals surface area contributed by atoms with Gasteiger partial charge in [0.1, 0.15) is 5.82 Å². The zero-order valence-corrected chi connectivity index (χ0v) is 13.9. The minimum absolute atomic E-state index is 0.170. The van der Waals surface area contributed by atoms with Gasteiger partial charge in [-0.15, -0.1) is 0 Å². The Kier molecular flexibility index (Phi) is 8.08. The van der Waals surface area contributed by atoms with Crippen LogP contribution in [-0.4, -0.2) is 31.2 Å². The number of carbonyl (C=O) groups is 2. The molecule has 1 atom stereocenters. The van der Waals surface area contributed by atoms with Crippen molar-refractivity contribution in [1.29, 1.82) is 0 Å². The lowest BCUT2D eigenvalue weighted by atomic mass is 10.0. The van der Waals surface area contributed by atoms with Gasteiger partial charge in [-0.2, -0.15) is 0 Å². The molecule has 0 aliphatic heterocycles. The van der Waals surface area contributed by atoms with Gasteiger partial charge in [-0.3, -0.25) is 4.79 Å². The highest BCUT2D eigenvalue weighted by atomic mass is 19.1.